The third-order valence-corrected chi connectivity index (χ3v) is 2.92. The SMILES string of the molecule is COCCN(Cc1cn(CCN)nn1)C(C)COC. The summed E-state index contributed by atoms with van der Waals surface area (Å²) in [6.07, 6.45) is 1.94. The van der Waals surface area contributed by atoms with Crippen LogP contribution in [0.4, 0.5) is 0 Å². The molecule has 0 amide bonds. The van der Waals surface area contributed by atoms with E-state index in [1.165, 1.54) is 0 Å². The van der Waals surface area contributed by atoms with Crippen LogP contribution in [0.15, 0.2) is 6.20 Å². The minimum Gasteiger partial charge on any atom is -0.383 e. The molecule has 0 aliphatic carbocycles. The zero-order chi connectivity index (χ0) is 14.1. The van der Waals surface area contributed by atoms with Crippen LogP contribution in [0.2, 0.25) is 0 Å². The van der Waals surface area contributed by atoms with Gasteiger partial charge in [0.2, 0.25) is 0 Å². The molecule has 1 rings (SSSR count). The normalized spacial score (nSPS) is 13.1. The van der Waals surface area contributed by atoms with Crippen molar-refractivity contribution in [3.8, 4) is 0 Å². The van der Waals surface area contributed by atoms with Crippen molar-refractivity contribution in [3.63, 3.8) is 0 Å². The highest BCUT2D eigenvalue weighted by atomic mass is 16.5. The predicted octanol–water partition coefficient (Wildman–Crippen LogP) is -0.280. The molecule has 2 N–H and O–H groups in total. The highest BCUT2D eigenvalue weighted by Crippen LogP contribution is 2.06. The molecular weight excluding hydrogens is 246 g/mol. The van der Waals surface area contributed by atoms with E-state index in [1.807, 2.05) is 6.20 Å². The summed E-state index contributed by atoms with van der Waals surface area (Å²) < 4.78 is 12.1. The molecule has 1 heterocycles. The van der Waals surface area contributed by atoms with Gasteiger partial charge in [-0.05, 0) is 6.92 Å². The van der Waals surface area contributed by atoms with Gasteiger partial charge in [-0.2, -0.15) is 0 Å². The standard InChI is InChI=1S/C12H25N5O2/c1-11(10-19-3)16(6-7-18-2)8-12-9-17(5-4-13)15-14-12/h9,11H,4-8,10,13H2,1-3H3. The quantitative estimate of drug-likeness (QED) is 0.630. The maximum atomic E-state index is 5.49. The van der Waals surface area contributed by atoms with Crippen molar-refractivity contribution in [1.29, 1.82) is 0 Å². The largest absolute Gasteiger partial charge is 0.383 e. The van der Waals surface area contributed by atoms with E-state index in [1.54, 1.807) is 18.9 Å². The van der Waals surface area contributed by atoms with Crippen molar-refractivity contribution in [1.82, 2.24) is 19.9 Å². The van der Waals surface area contributed by atoms with Crippen LogP contribution in [-0.4, -0.2) is 66.5 Å². The van der Waals surface area contributed by atoms with Crippen molar-refractivity contribution in [2.75, 3.05) is 40.5 Å². The van der Waals surface area contributed by atoms with Crippen molar-refractivity contribution in [2.45, 2.75) is 26.1 Å². The first kappa shape index (κ1) is 16.0. The average Bonchev–Trinajstić information content (AvgIpc) is 2.82. The molecule has 0 aromatic carbocycles. The van der Waals surface area contributed by atoms with Gasteiger partial charge in [-0.25, -0.2) is 0 Å². The lowest BCUT2D eigenvalue weighted by atomic mass is 10.2. The van der Waals surface area contributed by atoms with Gasteiger partial charge in [0.15, 0.2) is 0 Å². The van der Waals surface area contributed by atoms with Gasteiger partial charge in [0.25, 0.3) is 0 Å². The highest BCUT2D eigenvalue weighted by Gasteiger charge is 2.15. The number of rotatable bonds is 10. The Morgan fingerprint density at radius 1 is 1.42 bits per heavy atom. The number of methoxy groups -OCH3 is 2. The van der Waals surface area contributed by atoms with Gasteiger partial charge in [0.05, 0.1) is 25.5 Å². The molecule has 1 aromatic rings. The van der Waals surface area contributed by atoms with E-state index < -0.39 is 0 Å². The van der Waals surface area contributed by atoms with Crippen LogP contribution in [0, 0.1) is 0 Å². The Morgan fingerprint density at radius 2 is 2.21 bits per heavy atom. The van der Waals surface area contributed by atoms with E-state index in [0.717, 1.165) is 18.8 Å². The summed E-state index contributed by atoms with van der Waals surface area (Å²) in [4.78, 5) is 2.27. The lowest BCUT2D eigenvalue weighted by Crippen LogP contribution is -2.38. The fraction of sp³-hybridized carbons (Fsp3) is 0.833. The number of aromatic nitrogens is 3. The number of nitrogens with zero attached hydrogens (tertiary/aromatic N) is 4. The molecule has 0 fully saturated rings. The molecule has 1 unspecified atom stereocenters. The number of hydrogen-bond donors (Lipinski definition) is 1. The van der Waals surface area contributed by atoms with E-state index in [-0.39, 0.29) is 0 Å². The van der Waals surface area contributed by atoms with Gasteiger partial charge < -0.3 is 15.2 Å². The van der Waals surface area contributed by atoms with Gasteiger partial charge in [-0.3, -0.25) is 9.58 Å². The molecule has 7 nitrogen and oxygen atoms in total. The first-order valence-corrected chi connectivity index (χ1v) is 6.52. The zero-order valence-electron chi connectivity index (χ0n) is 12.1. The summed E-state index contributed by atoms with van der Waals surface area (Å²) in [7, 11) is 3.42. The fourth-order valence-electron chi connectivity index (χ4n) is 1.87. The van der Waals surface area contributed by atoms with Crippen LogP contribution in [0.3, 0.4) is 0 Å². The number of ether oxygens (including phenoxy) is 2. The van der Waals surface area contributed by atoms with Crippen LogP contribution in [0.1, 0.15) is 12.6 Å². The molecular formula is C12H25N5O2. The van der Waals surface area contributed by atoms with Crippen LogP contribution >= 0.6 is 0 Å². The molecule has 1 atom stereocenters. The molecule has 0 aliphatic rings. The Kier molecular flexibility index (Phi) is 7.57. The Labute approximate surface area is 114 Å². The topological polar surface area (TPSA) is 78.4 Å². The van der Waals surface area contributed by atoms with Crippen LogP contribution in [0.5, 0.6) is 0 Å². The molecule has 19 heavy (non-hydrogen) atoms. The lowest BCUT2D eigenvalue weighted by Gasteiger charge is -2.27. The van der Waals surface area contributed by atoms with Gasteiger partial charge in [-0.15, -0.1) is 5.10 Å². The fourth-order valence-corrected chi connectivity index (χ4v) is 1.87. The number of nitrogens with two attached hydrogens (primary N) is 1. The molecule has 0 aliphatic heterocycles. The Bertz CT molecular complexity index is 345. The zero-order valence-corrected chi connectivity index (χ0v) is 12.1. The molecule has 7 heteroatoms. The smallest absolute Gasteiger partial charge is 0.0967 e. The van der Waals surface area contributed by atoms with Crippen LogP contribution < -0.4 is 5.73 Å². The van der Waals surface area contributed by atoms with Crippen molar-refractivity contribution < 1.29 is 9.47 Å². The third-order valence-electron chi connectivity index (χ3n) is 2.92. The van der Waals surface area contributed by atoms with E-state index >= 15 is 0 Å². The van der Waals surface area contributed by atoms with E-state index in [0.29, 0.717) is 32.3 Å². The lowest BCUT2D eigenvalue weighted by molar-refractivity contribution is 0.0697. The van der Waals surface area contributed by atoms with Gasteiger partial charge in [0.1, 0.15) is 0 Å². The second kappa shape index (κ2) is 8.98. The van der Waals surface area contributed by atoms with Gasteiger partial charge in [0, 0.05) is 46.1 Å². The molecule has 0 radical (unpaired) electrons. The van der Waals surface area contributed by atoms with Crippen LogP contribution in [0.25, 0.3) is 0 Å². The number of hydrogen-bond acceptors (Lipinski definition) is 6. The third kappa shape index (κ3) is 5.65. The second-order valence-electron chi connectivity index (χ2n) is 4.53. The monoisotopic (exact) mass is 271 g/mol. The van der Waals surface area contributed by atoms with E-state index in [4.69, 9.17) is 15.2 Å². The molecule has 0 saturated heterocycles. The summed E-state index contributed by atoms with van der Waals surface area (Å²) in [6.45, 7) is 6.33. The first-order valence-electron chi connectivity index (χ1n) is 6.52. The average molecular weight is 271 g/mol. The maximum Gasteiger partial charge on any atom is 0.0967 e. The second-order valence-corrected chi connectivity index (χ2v) is 4.53. The van der Waals surface area contributed by atoms with Crippen molar-refractivity contribution in [3.05, 3.63) is 11.9 Å². The Morgan fingerprint density at radius 3 is 2.84 bits per heavy atom. The van der Waals surface area contributed by atoms with Crippen molar-refractivity contribution >= 4 is 0 Å². The Balaban J connectivity index is 2.58. The highest BCUT2D eigenvalue weighted by molar-refractivity contribution is 4.93. The molecule has 0 saturated carbocycles. The molecule has 0 bridgehead atoms. The first-order chi connectivity index (χ1) is 9.21. The van der Waals surface area contributed by atoms with Gasteiger partial charge in [-0.1, -0.05) is 5.21 Å². The summed E-state index contributed by atoms with van der Waals surface area (Å²) in [5, 5.41) is 8.20. The van der Waals surface area contributed by atoms with Crippen molar-refractivity contribution in [2.24, 2.45) is 5.73 Å². The summed E-state index contributed by atoms with van der Waals surface area (Å²) >= 11 is 0. The predicted molar refractivity (Wildman–Crippen MR) is 72.7 cm³/mol. The molecule has 1 aromatic heterocycles. The summed E-state index contributed by atoms with van der Waals surface area (Å²) in [5.41, 5.74) is 6.43. The summed E-state index contributed by atoms with van der Waals surface area (Å²) in [6, 6.07) is 0.305. The maximum absolute atomic E-state index is 5.49. The van der Waals surface area contributed by atoms with E-state index in [9.17, 15) is 0 Å². The molecule has 110 valence electrons. The Hall–Kier alpha value is -1.02. The minimum absolute atomic E-state index is 0.305. The van der Waals surface area contributed by atoms with E-state index in [2.05, 4.69) is 22.1 Å². The molecule has 0 spiro atoms. The minimum atomic E-state index is 0.305. The van der Waals surface area contributed by atoms with Crippen LogP contribution in [-0.2, 0) is 22.6 Å². The summed E-state index contributed by atoms with van der Waals surface area (Å²) in [5.74, 6) is 0. The van der Waals surface area contributed by atoms with Gasteiger partial charge >= 0.3 is 0 Å².